The first-order chi connectivity index (χ1) is 9.38. The number of nitrogens with one attached hydrogen (secondary N) is 1. The molecule has 1 atom stereocenters. The Morgan fingerprint density at radius 2 is 2.10 bits per heavy atom. The van der Waals surface area contributed by atoms with Gasteiger partial charge in [-0.05, 0) is 43.5 Å². The van der Waals surface area contributed by atoms with Crippen molar-refractivity contribution in [2.45, 2.75) is 39.3 Å². The molecule has 1 unspecified atom stereocenters. The first kappa shape index (κ1) is 14.5. The zero-order chi connectivity index (χ0) is 14.9. The lowest BCUT2D eigenvalue weighted by atomic mass is 9.91. The monoisotopic (exact) mass is 278 g/mol. The summed E-state index contributed by atoms with van der Waals surface area (Å²) in [6, 6.07) is 4.48. The number of piperazine rings is 1. The van der Waals surface area contributed by atoms with E-state index in [9.17, 15) is 14.0 Å². The molecular weight excluding hydrogens is 259 g/mol. The van der Waals surface area contributed by atoms with E-state index in [0.29, 0.717) is 13.0 Å². The Hall–Kier alpha value is -1.91. The highest BCUT2D eigenvalue weighted by Crippen LogP contribution is 2.26. The SMILES string of the molecule is CCC1(C)C(=O)NCC(=O)N1Cc1ccc(F)cc1C. The van der Waals surface area contributed by atoms with Crippen molar-refractivity contribution in [3.8, 4) is 0 Å². The average molecular weight is 278 g/mol. The molecule has 108 valence electrons. The van der Waals surface area contributed by atoms with Gasteiger partial charge in [0.05, 0.1) is 6.54 Å². The van der Waals surface area contributed by atoms with Gasteiger partial charge in [-0.3, -0.25) is 9.59 Å². The summed E-state index contributed by atoms with van der Waals surface area (Å²) >= 11 is 0. The molecule has 0 radical (unpaired) electrons. The second-order valence-electron chi connectivity index (χ2n) is 5.36. The summed E-state index contributed by atoms with van der Waals surface area (Å²) in [5, 5.41) is 2.62. The number of amides is 2. The number of nitrogens with zero attached hydrogens (tertiary/aromatic N) is 1. The maximum atomic E-state index is 13.1. The first-order valence-electron chi connectivity index (χ1n) is 6.72. The van der Waals surface area contributed by atoms with Crippen LogP contribution in [0.1, 0.15) is 31.4 Å². The molecule has 1 N–H and O–H groups in total. The molecule has 0 aromatic heterocycles. The lowest BCUT2D eigenvalue weighted by Gasteiger charge is -2.43. The molecule has 1 saturated heterocycles. The topological polar surface area (TPSA) is 49.4 Å². The molecule has 5 heteroatoms. The number of carbonyl (C=O) groups is 2. The number of benzene rings is 1. The Morgan fingerprint density at radius 3 is 2.70 bits per heavy atom. The molecule has 0 saturated carbocycles. The van der Waals surface area contributed by atoms with Gasteiger partial charge in [0, 0.05) is 6.54 Å². The molecule has 1 aromatic carbocycles. The van der Waals surface area contributed by atoms with E-state index in [4.69, 9.17) is 0 Å². The van der Waals surface area contributed by atoms with Gasteiger partial charge in [-0.2, -0.15) is 0 Å². The third-order valence-electron chi connectivity index (χ3n) is 4.11. The minimum atomic E-state index is -0.851. The molecule has 0 spiro atoms. The van der Waals surface area contributed by atoms with Crippen LogP contribution in [-0.4, -0.2) is 28.8 Å². The van der Waals surface area contributed by atoms with Crippen molar-refractivity contribution in [2.24, 2.45) is 0 Å². The van der Waals surface area contributed by atoms with Gasteiger partial charge in [-0.1, -0.05) is 13.0 Å². The quantitative estimate of drug-likeness (QED) is 0.916. The average Bonchev–Trinajstić information content (AvgIpc) is 2.41. The summed E-state index contributed by atoms with van der Waals surface area (Å²) in [6.45, 7) is 5.79. The second kappa shape index (κ2) is 5.23. The summed E-state index contributed by atoms with van der Waals surface area (Å²) < 4.78 is 13.1. The summed E-state index contributed by atoms with van der Waals surface area (Å²) in [5.74, 6) is -0.552. The van der Waals surface area contributed by atoms with Crippen molar-refractivity contribution in [1.82, 2.24) is 10.2 Å². The van der Waals surface area contributed by atoms with Crippen LogP contribution in [0.5, 0.6) is 0 Å². The molecule has 1 heterocycles. The molecule has 2 amide bonds. The second-order valence-corrected chi connectivity index (χ2v) is 5.36. The summed E-state index contributed by atoms with van der Waals surface area (Å²) in [7, 11) is 0. The van der Waals surface area contributed by atoms with Crippen LogP contribution in [0.2, 0.25) is 0 Å². The van der Waals surface area contributed by atoms with Crippen LogP contribution in [0.3, 0.4) is 0 Å². The number of halogens is 1. The van der Waals surface area contributed by atoms with Gasteiger partial charge in [0.2, 0.25) is 11.8 Å². The number of hydrogen-bond donors (Lipinski definition) is 1. The Kier molecular flexibility index (Phi) is 3.79. The Balaban J connectivity index is 2.33. The van der Waals surface area contributed by atoms with E-state index in [2.05, 4.69) is 5.32 Å². The van der Waals surface area contributed by atoms with Gasteiger partial charge >= 0.3 is 0 Å². The van der Waals surface area contributed by atoms with Gasteiger partial charge in [-0.15, -0.1) is 0 Å². The third kappa shape index (κ3) is 2.40. The highest BCUT2D eigenvalue weighted by Gasteiger charge is 2.44. The fourth-order valence-electron chi connectivity index (χ4n) is 2.46. The largest absolute Gasteiger partial charge is 0.345 e. The molecule has 1 aliphatic rings. The lowest BCUT2D eigenvalue weighted by Crippen LogP contribution is -2.65. The van der Waals surface area contributed by atoms with Gasteiger partial charge in [0.15, 0.2) is 0 Å². The zero-order valence-corrected chi connectivity index (χ0v) is 12.0. The van der Waals surface area contributed by atoms with E-state index in [-0.39, 0.29) is 24.2 Å². The molecule has 20 heavy (non-hydrogen) atoms. The number of hydrogen-bond acceptors (Lipinski definition) is 2. The van der Waals surface area contributed by atoms with Crippen LogP contribution >= 0.6 is 0 Å². The standard InChI is InChI=1S/C15H19FN2O2/c1-4-15(3)14(20)17-8-13(19)18(15)9-11-5-6-12(16)7-10(11)2/h5-7H,4,8-9H2,1-3H3,(H,17,20). The fourth-order valence-corrected chi connectivity index (χ4v) is 2.46. The molecule has 2 rings (SSSR count). The highest BCUT2D eigenvalue weighted by atomic mass is 19.1. The van der Waals surface area contributed by atoms with E-state index < -0.39 is 5.54 Å². The maximum Gasteiger partial charge on any atom is 0.246 e. The summed E-state index contributed by atoms with van der Waals surface area (Å²) in [4.78, 5) is 25.8. The van der Waals surface area contributed by atoms with Crippen LogP contribution in [0.15, 0.2) is 18.2 Å². The molecule has 4 nitrogen and oxygen atoms in total. The summed E-state index contributed by atoms with van der Waals surface area (Å²) in [6.07, 6.45) is 0.533. The van der Waals surface area contributed by atoms with Gasteiger partial charge in [0.1, 0.15) is 11.4 Å². The molecule has 1 aromatic rings. The van der Waals surface area contributed by atoms with E-state index >= 15 is 0 Å². The smallest absolute Gasteiger partial charge is 0.246 e. The Labute approximate surface area is 118 Å². The van der Waals surface area contributed by atoms with E-state index in [0.717, 1.165) is 11.1 Å². The van der Waals surface area contributed by atoms with Crippen LogP contribution in [0, 0.1) is 12.7 Å². The third-order valence-corrected chi connectivity index (χ3v) is 4.11. The minimum Gasteiger partial charge on any atom is -0.345 e. The van der Waals surface area contributed by atoms with Gasteiger partial charge in [-0.25, -0.2) is 4.39 Å². The number of carbonyl (C=O) groups excluding carboxylic acids is 2. The van der Waals surface area contributed by atoms with Crippen molar-refractivity contribution >= 4 is 11.8 Å². The van der Waals surface area contributed by atoms with Crippen LogP contribution in [0.25, 0.3) is 0 Å². The summed E-state index contributed by atoms with van der Waals surface area (Å²) in [5.41, 5.74) is 0.784. The van der Waals surface area contributed by atoms with Crippen molar-refractivity contribution in [2.75, 3.05) is 6.54 Å². The minimum absolute atomic E-state index is 0.0225. The van der Waals surface area contributed by atoms with E-state index in [1.165, 1.54) is 12.1 Å². The number of rotatable bonds is 3. The molecular formula is C15H19FN2O2. The Bertz CT molecular complexity index is 559. The first-order valence-corrected chi connectivity index (χ1v) is 6.72. The predicted octanol–water partition coefficient (Wildman–Crippen LogP) is 1.76. The van der Waals surface area contributed by atoms with Crippen molar-refractivity contribution in [3.05, 3.63) is 35.1 Å². The van der Waals surface area contributed by atoms with Crippen molar-refractivity contribution < 1.29 is 14.0 Å². The van der Waals surface area contributed by atoms with Gasteiger partial charge < -0.3 is 10.2 Å². The van der Waals surface area contributed by atoms with E-state index in [1.807, 2.05) is 6.92 Å². The normalized spacial score (nSPS) is 22.9. The fraction of sp³-hybridized carbons (Fsp3) is 0.467. The van der Waals surface area contributed by atoms with Crippen molar-refractivity contribution in [1.29, 1.82) is 0 Å². The van der Waals surface area contributed by atoms with Crippen LogP contribution in [0.4, 0.5) is 4.39 Å². The van der Waals surface area contributed by atoms with Crippen LogP contribution < -0.4 is 5.32 Å². The molecule has 0 aliphatic carbocycles. The number of aryl methyl sites for hydroxylation is 1. The molecule has 1 fully saturated rings. The lowest BCUT2D eigenvalue weighted by molar-refractivity contribution is -0.153. The van der Waals surface area contributed by atoms with E-state index in [1.54, 1.807) is 24.8 Å². The molecule has 1 aliphatic heterocycles. The predicted molar refractivity (Wildman–Crippen MR) is 73.4 cm³/mol. The van der Waals surface area contributed by atoms with Crippen molar-refractivity contribution in [3.63, 3.8) is 0 Å². The van der Waals surface area contributed by atoms with Crippen LogP contribution in [-0.2, 0) is 16.1 Å². The van der Waals surface area contributed by atoms with Gasteiger partial charge in [0.25, 0.3) is 0 Å². The maximum absolute atomic E-state index is 13.1. The zero-order valence-electron chi connectivity index (χ0n) is 12.0. The Morgan fingerprint density at radius 1 is 1.40 bits per heavy atom. The molecule has 0 bridgehead atoms. The highest BCUT2D eigenvalue weighted by molar-refractivity contribution is 5.97.